The van der Waals surface area contributed by atoms with E-state index < -0.39 is 11.6 Å². The van der Waals surface area contributed by atoms with E-state index in [-0.39, 0.29) is 5.41 Å². The molecule has 0 aliphatic heterocycles. The fourth-order valence-electron chi connectivity index (χ4n) is 3.15. The molecule has 32 heavy (non-hydrogen) atoms. The van der Waals surface area contributed by atoms with Crippen molar-refractivity contribution in [1.29, 1.82) is 0 Å². The highest BCUT2D eigenvalue weighted by molar-refractivity contribution is 6.32. The Balaban J connectivity index is 1.82. The molecule has 0 heterocycles. The van der Waals surface area contributed by atoms with Gasteiger partial charge in [0.1, 0.15) is 17.2 Å². The lowest BCUT2D eigenvalue weighted by Gasteiger charge is -2.26. The highest BCUT2D eigenvalue weighted by Crippen LogP contribution is 2.30. The third kappa shape index (κ3) is 7.63. The van der Waals surface area contributed by atoms with Crippen LogP contribution in [0.3, 0.4) is 0 Å². The Morgan fingerprint density at radius 1 is 1.00 bits per heavy atom. The molecule has 2 aromatic rings. The van der Waals surface area contributed by atoms with Crippen molar-refractivity contribution < 1.29 is 24.1 Å². The van der Waals surface area contributed by atoms with Crippen LogP contribution in [-0.2, 0) is 11.2 Å². The van der Waals surface area contributed by atoms with Gasteiger partial charge in [-0.2, -0.15) is 0 Å². The summed E-state index contributed by atoms with van der Waals surface area (Å²) in [6, 6.07) is 11.3. The molecule has 0 aliphatic carbocycles. The Kier molecular flexibility index (Phi) is 8.85. The molecule has 0 aromatic heterocycles. The van der Waals surface area contributed by atoms with Crippen LogP contribution in [0.15, 0.2) is 36.4 Å². The topological polar surface area (TPSA) is 65.0 Å². The van der Waals surface area contributed by atoms with Gasteiger partial charge < -0.3 is 19.3 Å². The third-order valence-corrected chi connectivity index (χ3v) is 5.45. The number of carboxylic acid groups (broad SMARTS) is 1. The lowest BCUT2D eigenvalue weighted by Crippen LogP contribution is -2.40. The molecule has 5 nitrogen and oxygen atoms in total. The molecule has 1 N–H and O–H groups in total. The van der Waals surface area contributed by atoms with E-state index in [9.17, 15) is 9.90 Å². The summed E-state index contributed by atoms with van der Waals surface area (Å²) >= 11 is 6.37. The quantitative estimate of drug-likeness (QED) is 0.375. The van der Waals surface area contributed by atoms with Crippen molar-refractivity contribution in [2.75, 3.05) is 13.2 Å². The summed E-state index contributed by atoms with van der Waals surface area (Å²) < 4.78 is 17.4. The van der Waals surface area contributed by atoms with E-state index in [4.69, 9.17) is 25.8 Å². The van der Waals surface area contributed by atoms with Gasteiger partial charge in [0.2, 0.25) is 5.60 Å². The monoisotopic (exact) mass is 462 g/mol. The predicted molar refractivity (Wildman–Crippen MR) is 128 cm³/mol. The predicted octanol–water partition coefficient (Wildman–Crippen LogP) is 6.72. The molecule has 0 radical (unpaired) electrons. The number of hydrogen-bond acceptors (Lipinski definition) is 4. The van der Waals surface area contributed by atoms with E-state index in [0.717, 1.165) is 12.0 Å². The van der Waals surface area contributed by atoms with E-state index in [1.165, 1.54) is 5.56 Å². The van der Waals surface area contributed by atoms with Crippen molar-refractivity contribution in [2.24, 2.45) is 5.41 Å². The van der Waals surface area contributed by atoms with Gasteiger partial charge >= 0.3 is 5.97 Å². The fourth-order valence-corrected chi connectivity index (χ4v) is 3.41. The number of carboxylic acids is 1. The zero-order chi connectivity index (χ0) is 23.9. The number of aliphatic carboxylic acids is 1. The first-order valence-corrected chi connectivity index (χ1v) is 11.4. The van der Waals surface area contributed by atoms with Crippen LogP contribution in [0.1, 0.15) is 58.6 Å². The van der Waals surface area contributed by atoms with E-state index in [0.29, 0.717) is 48.3 Å². The number of carbonyl (C=O) groups is 1. The second-order valence-electron chi connectivity index (χ2n) is 9.47. The van der Waals surface area contributed by atoms with Crippen LogP contribution in [0, 0.1) is 12.3 Å². The van der Waals surface area contributed by atoms with Crippen molar-refractivity contribution in [1.82, 2.24) is 0 Å². The summed E-state index contributed by atoms with van der Waals surface area (Å²) in [5, 5.41) is 10.0. The number of halogens is 1. The molecule has 6 heteroatoms. The molecule has 0 fully saturated rings. The highest BCUT2D eigenvalue weighted by atomic mass is 35.5. The molecule has 0 saturated heterocycles. The second-order valence-corrected chi connectivity index (χ2v) is 9.88. The Bertz CT molecular complexity index is 919. The summed E-state index contributed by atoms with van der Waals surface area (Å²) in [5.74, 6) is 0.938. The van der Waals surface area contributed by atoms with Gasteiger partial charge in [0.15, 0.2) is 0 Å². The summed E-state index contributed by atoms with van der Waals surface area (Å²) in [6.07, 6.45) is 2.02. The lowest BCUT2D eigenvalue weighted by molar-refractivity contribution is -0.154. The smallest absolute Gasteiger partial charge is 0.347 e. The molecule has 0 spiro atoms. The zero-order valence-electron chi connectivity index (χ0n) is 20.0. The van der Waals surface area contributed by atoms with Crippen LogP contribution in [0.2, 0.25) is 5.02 Å². The number of ether oxygens (including phenoxy) is 3. The van der Waals surface area contributed by atoms with Gasteiger partial charge in [-0.25, -0.2) is 4.79 Å². The maximum absolute atomic E-state index is 11.5. The second kappa shape index (κ2) is 11.0. The molecule has 176 valence electrons. The molecule has 0 aliphatic rings. The first kappa shape index (κ1) is 25.9. The van der Waals surface area contributed by atoms with Crippen molar-refractivity contribution in [2.45, 2.75) is 66.4 Å². The maximum Gasteiger partial charge on any atom is 0.347 e. The van der Waals surface area contributed by atoms with Crippen molar-refractivity contribution in [3.63, 3.8) is 0 Å². The molecule has 0 unspecified atom stereocenters. The summed E-state index contributed by atoms with van der Waals surface area (Å²) in [7, 11) is 0. The summed E-state index contributed by atoms with van der Waals surface area (Å²) in [5.41, 5.74) is 0.972. The average Bonchev–Trinajstić information content (AvgIpc) is 2.69. The van der Waals surface area contributed by atoms with Crippen LogP contribution >= 0.6 is 11.6 Å². The van der Waals surface area contributed by atoms with Crippen molar-refractivity contribution in [3.05, 3.63) is 52.5 Å². The molecule has 2 rings (SSSR count). The van der Waals surface area contributed by atoms with E-state index >= 15 is 0 Å². The molecule has 0 amide bonds. The normalized spacial score (nSPS) is 13.3. The van der Waals surface area contributed by atoms with Gasteiger partial charge in [0, 0.05) is 6.42 Å². The van der Waals surface area contributed by atoms with E-state index in [2.05, 4.69) is 26.8 Å². The zero-order valence-corrected chi connectivity index (χ0v) is 20.7. The first-order chi connectivity index (χ1) is 14.9. The van der Waals surface area contributed by atoms with Crippen LogP contribution < -0.4 is 14.2 Å². The number of benzene rings is 2. The van der Waals surface area contributed by atoms with Crippen LogP contribution in [-0.4, -0.2) is 29.9 Å². The Morgan fingerprint density at radius 3 is 2.22 bits per heavy atom. The van der Waals surface area contributed by atoms with Gasteiger partial charge in [-0.15, -0.1) is 0 Å². The van der Waals surface area contributed by atoms with Gasteiger partial charge in [0.25, 0.3) is 0 Å². The average molecular weight is 463 g/mol. The largest absolute Gasteiger partial charge is 0.493 e. The van der Waals surface area contributed by atoms with E-state index in [1.54, 1.807) is 26.0 Å². The first-order valence-electron chi connectivity index (χ1n) is 11.0. The molecule has 2 aromatic carbocycles. The molecule has 0 bridgehead atoms. The fraction of sp³-hybridized carbons (Fsp3) is 0.500. The van der Waals surface area contributed by atoms with Crippen LogP contribution in [0.5, 0.6) is 17.2 Å². The summed E-state index contributed by atoms with van der Waals surface area (Å²) in [4.78, 5) is 11.5. The molecule has 0 saturated carbocycles. The highest BCUT2D eigenvalue weighted by Gasteiger charge is 2.33. The minimum absolute atomic E-state index is 0.206. The number of rotatable bonds is 11. The minimum Gasteiger partial charge on any atom is -0.493 e. The Morgan fingerprint density at radius 2 is 1.66 bits per heavy atom. The summed E-state index contributed by atoms with van der Waals surface area (Å²) in [6.45, 7) is 12.8. The standard InChI is InChI=1S/C26H35ClO5/c1-7-26(6,24(28)29)32-22-12-10-20(15-18(22)2)30-13-8-14-31-23-11-9-19(16-21(23)27)17-25(3,4)5/h9-12,15-16H,7-8,13-14,17H2,1-6H3,(H,28,29)/t26-/m1/s1. The Labute approximate surface area is 196 Å². The molecular formula is C26H35ClO5. The van der Waals surface area contributed by atoms with Gasteiger partial charge in [-0.05, 0) is 73.6 Å². The van der Waals surface area contributed by atoms with Crippen LogP contribution in [0.25, 0.3) is 0 Å². The van der Waals surface area contributed by atoms with Crippen LogP contribution in [0.4, 0.5) is 0 Å². The molecule has 1 atom stereocenters. The molecular weight excluding hydrogens is 428 g/mol. The maximum atomic E-state index is 11.5. The van der Waals surface area contributed by atoms with Gasteiger partial charge in [-0.1, -0.05) is 45.4 Å². The van der Waals surface area contributed by atoms with Gasteiger partial charge in [0.05, 0.1) is 18.2 Å². The van der Waals surface area contributed by atoms with Gasteiger partial charge in [-0.3, -0.25) is 0 Å². The van der Waals surface area contributed by atoms with Crippen molar-refractivity contribution >= 4 is 17.6 Å². The third-order valence-electron chi connectivity index (χ3n) is 5.15. The number of aryl methyl sites for hydroxylation is 1. The minimum atomic E-state index is -1.25. The Hall–Kier alpha value is -2.40. The lowest BCUT2D eigenvalue weighted by atomic mass is 9.88. The van der Waals surface area contributed by atoms with Crippen molar-refractivity contribution in [3.8, 4) is 17.2 Å². The SMILES string of the molecule is CC[C@@](C)(Oc1ccc(OCCCOc2ccc(CC(C)(C)C)cc2Cl)cc1C)C(=O)O. The van der Waals surface area contributed by atoms with E-state index in [1.807, 2.05) is 25.1 Å². The number of hydrogen-bond donors (Lipinski definition) is 1.